The van der Waals surface area contributed by atoms with E-state index in [0.717, 1.165) is 19.1 Å². The molecular formula is C12H24N2O. The summed E-state index contributed by atoms with van der Waals surface area (Å²) in [5.74, 6) is 0.564. The van der Waals surface area contributed by atoms with Crippen LogP contribution in [0.15, 0.2) is 0 Å². The Morgan fingerprint density at radius 3 is 2.73 bits per heavy atom. The lowest BCUT2D eigenvalue weighted by Gasteiger charge is -2.40. The highest BCUT2D eigenvalue weighted by Gasteiger charge is 2.27. The Balaban J connectivity index is 1.61. The van der Waals surface area contributed by atoms with Crippen molar-refractivity contribution >= 4 is 0 Å². The maximum absolute atomic E-state index is 8.93. The van der Waals surface area contributed by atoms with Gasteiger partial charge in [-0.25, -0.2) is 0 Å². The summed E-state index contributed by atoms with van der Waals surface area (Å²) in [4.78, 5) is 5.00. The third-order valence-corrected chi connectivity index (χ3v) is 3.99. The summed E-state index contributed by atoms with van der Waals surface area (Å²) in [5.41, 5.74) is 0. The Morgan fingerprint density at radius 2 is 2.07 bits per heavy atom. The second-order valence-corrected chi connectivity index (χ2v) is 5.23. The molecule has 1 atom stereocenters. The number of aliphatic hydroxyl groups is 1. The van der Waals surface area contributed by atoms with Gasteiger partial charge in [-0.15, -0.1) is 0 Å². The number of rotatable bonds is 4. The van der Waals surface area contributed by atoms with Crippen LogP contribution in [0.25, 0.3) is 0 Å². The molecule has 15 heavy (non-hydrogen) atoms. The average Bonchev–Trinajstić information content (AvgIpc) is 2.18. The van der Waals surface area contributed by atoms with Gasteiger partial charge in [-0.3, -0.25) is 0 Å². The highest BCUT2D eigenvalue weighted by molar-refractivity contribution is 4.81. The van der Waals surface area contributed by atoms with Crippen molar-refractivity contribution in [3.05, 3.63) is 0 Å². The number of hydrogen-bond donors (Lipinski definition) is 1. The van der Waals surface area contributed by atoms with E-state index in [0.29, 0.717) is 12.5 Å². The fraction of sp³-hybridized carbons (Fsp3) is 1.00. The maximum atomic E-state index is 8.93. The zero-order chi connectivity index (χ0) is 10.7. The predicted octanol–water partition coefficient (Wildman–Crippen LogP) is 0.785. The molecule has 1 unspecified atom stereocenters. The Labute approximate surface area is 93.1 Å². The van der Waals surface area contributed by atoms with Gasteiger partial charge in [-0.05, 0) is 39.4 Å². The number of hydrogen-bond acceptors (Lipinski definition) is 3. The molecule has 2 aliphatic heterocycles. The van der Waals surface area contributed by atoms with Crippen molar-refractivity contribution in [2.75, 3.05) is 39.8 Å². The highest BCUT2D eigenvalue weighted by atomic mass is 16.3. The molecule has 0 bridgehead atoms. The van der Waals surface area contributed by atoms with Gasteiger partial charge in [0.15, 0.2) is 0 Å². The van der Waals surface area contributed by atoms with Crippen molar-refractivity contribution in [3.8, 4) is 0 Å². The molecule has 0 aromatic rings. The van der Waals surface area contributed by atoms with Crippen molar-refractivity contribution in [1.29, 1.82) is 0 Å². The minimum atomic E-state index is 0.375. The second-order valence-electron chi connectivity index (χ2n) is 5.23. The van der Waals surface area contributed by atoms with Crippen LogP contribution in [0.3, 0.4) is 0 Å². The molecule has 0 aromatic carbocycles. The monoisotopic (exact) mass is 212 g/mol. The summed E-state index contributed by atoms with van der Waals surface area (Å²) in [6.45, 7) is 5.12. The van der Waals surface area contributed by atoms with Gasteiger partial charge in [0, 0.05) is 31.7 Å². The molecular weight excluding hydrogens is 188 g/mol. The molecule has 0 radical (unpaired) electrons. The third-order valence-electron chi connectivity index (χ3n) is 3.99. The lowest BCUT2D eigenvalue weighted by atomic mass is 9.97. The van der Waals surface area contributed by atoms with Crippen LogP contribution < -0.4 is 0 Å². The van der Waals surface area contributed by atoms with E-state index in [1.54, 1.807) is 0 Å². The average molecular weight is 212 g/mol. The lowest BCUT2D eigenvalue weighted by Crippen LogP contribution is -2.50. The molecule has 0 spiro atoms. The summed E-state index contributed by atoms with van der Waals surface area (Å²) < 4.78 is 0. The largest absolute Gasteiger partial charge is 0.396 e. The van der Waals surface area contributed by atoms with E-state index in [1.165, 1.54) is 38.8 Å². The van der Waals surface area contributed by atoms with Crippen LogP contribution in [0.1, 0.15) is 25.7 Å². The van der Waals surface area contributed by atoms with Gasteiger partial charge in [-0.1, -0.05) is 6.42 Å². The quantitative estimate of drug-likeness (QED) is 0.746. The number of nitrogens with zero attached hydrogens (tertiary/aromatic N) is 2. The Bertz CT molecular complexity index is 192. The molecule has 3 nitrogen and oxygen atoms in total. The van der Waals surface area contributed by atoms with Gasteiger partial charge in [0.05, 0.1) is 0 Å². The Hall–Kier alpha value is -0.120. The van der Waals surface area contributed by atoms with E-state index in [2.05, 4.69) is 16.8 Å². The normalized spacial score (nSPS) is 30.4. The van der Waals surface area contributed by atoms with E-state index in [9.17, 15) is 0 Å². The van der Waals surface area contributed by atoms with E-state index in [-0.39, 0.29) is 0 Å². The molecule has 0 amide bonds. The fourth-order valence-corrected chi connectivity index (χ4v) is 2.82. The first-order chi connectivity index (χ1) is 7.29. The topological polar surface area (TPSA) is 26.7 Å². The van der Waals surface area contributed by atoms with Crippen LogP contribution in [0.4, 0.5) is 0 Å². The lowest BCUT2D eigenvalue weighted by molar-refractivity contribution is 0.0436. The van der Waals surface area contributed by atoms with Crippen molar-refractivity contribution in [2.24, 2.45) is 5.92 Å². The molecule has 88 valence electrons. The first-order valence-electron chi connectivity index (χ1n) is 6.33. The summed E-state index contributed by atoms with van der Waals surface area (Å²) >= 11 is 0. The maximum Gasteiger partial charge on any atom is 0.0483 e. The van der Waals surface area contributed by atoms with Crippen LogP contribution >= 0.6 is 0 Å². The minimum absolute atomic E-state index is 0.375. The van der Waals surface area contributed by atoms with Crippen molar-refractivity contribution in [1.82, 2.24) is 9.80 Å². The van der Waals surface area contributed by atoms with E-state index >= 15 is 0 Å². The first kappa shape index (κ1) is 11.4. The molecule has 2 rings (SSSR count). The highest BCUT2D eigenvalue weighted by Crippen LogP contribution is 2.20. The van der Waals surface area contributed by atoms with Crippen molar-refractivity contribution in [3.63, 3.8) is 0 Å². The van der Waals surface area contributed by atoms with Crippen molar-refractivity contribution in [2.45, 2.75) is 31.7 Å². The number of piperidine rings is 1. The standard InChI is InChI=1S/C12H24N2O/c1-13-6-3-2-4-12(13)5-7-14-8-11(9-14)10-15/h11-12,15H,2-10H2,1H3. The van der Waals surface area contributed by atoms with Gasteiger partial charge in [0.1, 0.15) is 0 Å². The van der Waals surface area contributed by atoms with Gasteiger partial charge in [-0.2, -0.15) is 0 Å². The third kappa shape index (κ3) is 2.92. The van der Waals surface area contributed by atoms with Crippen LogP contribution in [-0.4, -0.2) is 60.8 Å². The van der Waals surface area contributed by atoms with Gasteiger partial charge >= 0.3 is 0 Å². The van der Waals surface area contributed by atoms with E-state index < -0.39 is 0 Å². The summed E-state index contributed by atoms with van der Waals surface area (Å²) in [7, 11) is 2.26. The van der Waals surface area contributed by atoms with Crippen LogP contribution in [0, 0.1) is 5.92 Å². The molecule has 2 fully saturated rings. The molecule has 2 saturated heterocycles. The van der Waals surface area contributed by atoms with Gasteiger partial charge < -0.3 is 14.9 Å². The van der Waals surface area contributed by atoms with Crippen LogP contribution in [0.2, 0.25) is 0 Å². The molecule has 3 heteroatoms. The smallest absolute Gasteiger partial charge is 0.0483 e. The molecule has 1 N–H and O–H groups in total. The minimum Gasteiger partial charge on any atom is -0.396 e. The zero-order valence-electron chi connectivity index (χ0n) is 9.86. The predicted molar refractivity (Wildman–Crippen MR) is 61.9 cm³/mol. The second kappa shape index (κ2) is 5.28. The van der Waals surface area contributed by atoms with E-state index in [4.69, 9.17) is 5.11 Å². The van der Waals surface area contributed by atoms with Gasteiger partial charge in [0.2, 0.25) is 0 Å². The molecule has 0 saturated carbocycles. The Kier molecular flexibility index (Phi) is 4.00. The SMILES string of the molecule is CN1CCCCC1CCN1CC(CO)C1. The summed E-state index contributed by atoms with van der Waals surface area (Å²) in [6, 6.07) is 0.812. The van der Waals surface area contributed by atoms with Crippen LogP contribution in [-0.2, 0) is 0 Å². The summed E-state index contributed by atoms with van der Waals surface area (Å²) in [6.07, 6.45) is 5.49. The molecule has 0 aromatic heterocycles. The Morgan fingerprint density at radius 1 is 1.27 bits per heavy atom. The fourth-order valence-electron chi connectivity index (χ4n) is 2.82. The van der Waals surface area contributed by atoms with Gasteiger partial charge in [0.25, 0.3) is 0 Å². The first-order valence-corrected chi connectivity index (χ1v) is 6.33. The molecule has 0 aliphatic carbocycles. The van der Waals surface area contributed by atoms with Crippen LogP contribution in [0.5, 0.6) is 0 Å². The number of aliphatic hydroxyl groups excluding tert-OH is 1. The zero-order valence-corrected chi connectivity index (χ0v) is 9.86. The van der Waals surface area contributed by atoms with Crippen molar-refractivity contribution < 1.29 is 5.11 Å². The molecule has 2 aliphatic rings. The summed E-state index contributed by atoms with van der Waals surface area (Å²) in [5, 5.41) is 8.93. The van der Waals surface area contributed by atoms with E-state index in [1.807, 2.05) is 0 Å². The molecule has 2 heterocycles. The number of likely N-dealkylation sites (tertiary alicyclic amines) is 2.